The van der Waals surface area contributed by atoms with Crippen molar-refractivity contribution in [2.75, 3.05) is 32.9 Å². The average molecular weight is 496 g/mol. The van der Waals surface area contributed by atoms with Gasteiger partial charge in [0.25, 0.3) is 0 Å². The summed E-state index contributed by atoms with van der Waals surface area (Å²) in [5, 5.41) is 20.3. The van der Waals surface area contributed by atoms with E-state index in [1.54, 1.807) is 5.57 Å². The summed E-state index contributed by atoms with van der Waals surface area (Å²) in [6.45, 7) is 3.15. The third kappa shape index (κ3) is 6.12. The quantitative estimate of drug-likeness (QED) is 0.465. The lowest BCUT2D eigenvalue weighted by atomic mass is 9.74. The second kappa shape index (κ2) is 12.1. The highest BCUT2D eigenvalue weighted by Crippen LogP contribution is 2.45. The monoisotopic (exact) mass is 495 g/mol. The summed E-state index contributed by atoms with van der Waals surface area (Å²) >= 11 is 0. The molecule has 1 unspecified atom stereocenters. The minimum atomic E-state index is -0.243. The minimum absolute atomic E-state index is 0.143. The van der Waals surface area contributed by atoms with Crippen molar-refractivity contribution >= 4 is 5.57 Å². The van der Waals surface area contributed by atoms with Crippen molar-refractivity contribution in [2.45, 2.75) is 76.4 Å². The zero-order chi connectivity index (χ0) is 24.9. The van der Waals surface area contributed by atoms with Crippen LogP contribution in [-0.4, -0.2) is 60.2 Å². The minimum Gasteiger partial charge on any atom is -0.508 e. The number of aryl methyl sites for hydroxylation is 1. The molecule has 0 aromatic heterocycles. The van der Waals surface area contributed by atoms with Gasteiger partial charge in [-0.2, -0.15) is 0 Å². The van der Waals surface area contributed by atoms with E-state index >= 15 is 0 Å². The topological polar surface area (TPSA) is 52.9 Å². The third-order valence-corrected chi connectivity index (χ3v) is 8.68. The van der Waals surface area contributed by atoms with E-state index in [2.05, 4.69) is 29.2 Å². The molecule has 0 amide bonds. The summed E-state index contributed by atoms with van der Waals surface area (Å²) in [5.74, 6) is 1.23. The Kier molecular flexibility index (Phi) is 8.61. The summed E-state index contributed by atoms with van der Waals surface area (Å²) in [7, 11) is 0. The third-order valence-electron chi connectivity index (χ3n) is 8.68. The van der Waals surface area contributed by atoms with E-state index in [9.17, 15) is 14.6 Å². The van der Waals surface area contributed by atoms with Gasteiger partial charge in [0.2, 0.25) is 0 Å². The molecule has 1 aromatic rings. The van der Waals surface area contributed by atoms with Crippen LogP contribution < -0.4 is 0 Å². The lowest BCUT2D eigenvalue weighted by molar-refractivity contribution is 0.0763. The number of halogens is 1. The first-order valence-electron chi connectivity index (χ1n) is 14.1. The average Bonchev–Trinajstić information content (AvgIpc) is 3.27. The maximum atomic E-state index is 12.5. The smallest absolute Gasteiger partial charge is 0.115 e. The van der Waals surface area contributed by atoms with Crippen LogP contribution in [0.4, 0.5) is 4.39 Å². The largest absolute Gasteiger partial charge is 0.508 e. The normalized spacial score (nSPS) is 29.2. The van der Waals surface area contributed by atoms with Crippen molar-refractivity contribution in [3.05, 3.63) is 58.7 Å². The molecule has 2 N–H and O–H groups in total. The molecule has 1 heterocycles. The first-order chi connectivity index (χ1) is 17.6. The highest BCUT2D eigenvalue weighted by molar-refractivity contribution is 5.76. The molecule has 1 aromatic carbocycles. The van der Waals surface area contributed by atoms with Crippen LogP contribution >= 0.6 is 0 Å². The summed E-state index contributed by atoms with van der Waals surface area (Å²) in [6, 6.07) is 5.93. The molecule has 3 aliphatic carbocycles. The Balaban J connectivity index is 1.29. The molecule has 0 radical (unpaired) electrons. The Morgan fingerprint density at radius 2 is 1.94 bits per heavy atom. The number of alkyl halides is 1. The molecule has 5 rings (SSSR count). The van der Waals surface area contributed by atoms with Gasteiger partial charge in [-0.15, -0.1) is 0 Å². The van der Waals surface area contributed by atoms with Crippen molar-refractivity contribution in [1.82, 2.24) is 4.90 Å². The standard InChI is InChI=1S/C31H42FNO3/c32-16-2-17-33-18-15-28(20-33)36-21-22-5-7-24(8-6-22)31-29(23-9-11-26(34)12-10-23)4-1-3-25-19-27(35)13-14-30(25)31/h5-7,13-14,19,23-24,26,28,34-35H,1-4,8-12,15-18,20-21H2/t23?,24-,26?,28?/m1/s1. The van der Waals surface area contributed by atoms with Crippen LogP contribution in [0.25, 0.3) is 5.57 Å². The second-order valence-electron chi connectivity index (χ2n) is 11.2. The Labute approximate surface area is 215 Å². The van der Waals surface area contributed by atoms with Gasteiger partial charge >= 0.3 is 0 Å². The number of aliphatic hydroxyl groups is 1. The molecule has 2 atom stereocenters. The fraction of sp³-hybridized carbons (Fsp3) is 0.613. The Morgan fingerprint density at radius 3 is 2.72 bits per heavy atom. The van der Waals surface area contributed by atoms with Crippen molar-refractivity contribution in [1.29, 1.82) is 0 Å². The van der Waals surface area contributed by atoms with Gasteiger partial charge in [0.15, 0.2) is 0 Å². The van der Waals surface area contributed by atoms with Crippen molar-refractivity contribution in [2.24, 2.45) is 11.8 Å². The molecular formula is C31H42FNO3. The van der Waals surface area contributed by atoms with Gasteiger partial charge in [0.05, 0.1) is 25.5 Å². The maximum absolute atomic E-state index is 12.5. The Morgan fingerprint density at radius 1 is 1.08 bits per heavy atom. The fourth-order valence-electron chi connectivity index (χ4n) is 6.73. The number of fused-ring (bicyclic) bond motifs is 1. The fourth-order valence-corrected chi connectivity index (χ4v) is 6.73. The molecule has 4 aliphatic rings. The van der Waals surface area contributed by atoms with Gasteiger partial charge < -0.3 is 19.8 Å². The van der Waals surface area contributed by atoms with E-state index in [0.717, 1.165) is 77.4 Å². The molecule has 5 heteroatoms. The number of aromatic hydroxyl groups is 1. The molecule has 36 heavy (non-hydrogen) atoms. The van der Waals surface area contributed by atoms with Gasteiger partial charge in [-0.3, -0.25) is 4.39 Å². The zero-order valence-corrected chi connectivity index (χ0v) is 21.5. The van der Waals surface area contributed by atoms with Crippen LogP contribution in [0.15, 0.2) is 47.6 Å². The number of aliphatic hydroxyl groups excluding tert-OH is 1. The number of phenols is 1. The van der Waals surface area contributed by atoms with Crippen LogP contribution in [0.3, 0.4) is 0 Å². The van der Waals surface area contributed by atoms with E-state index in [4.69, 9.17) is 4.74 Å². The number of phenolic OH excluding ortho intramolecular Hbond substituents is 1. The van der Waals surface area contributed by atoms with Gasteiger partial charge in [-0.05, 0) is 105 Å². The number of rotatable bonds is 8. The first-order valence-corrected chi connectivity index (χ1v) is 14.1. The SMILES string of the molecule is Oc1ccc2c(c1)CCCC(C1CCC(O)CC1)=C2[C@@H]1C=CC(COC2CCN(CCCF)C2)=CC1. The molecule has 4 nitrogen and oxygen atoms in total. The molecule has 196 valence electrons. The van der Waals surface area contributed by atoms with Gasteiger partial charge in [-0.1, -0.05) is 29.9 Å². The van der Waals surface area contributed by atoms with E-state index in [-0.39, 0.29) is 18.9 Å². The molecule has 0 spiro atoms. The van der Waals surface area contributed by atoms with E-state index < -0.39 is 0 Å². The second-order valence-corrected chi connectivity index (χ2v) is 11.2. The highest BCUT2D eigenvalue weighted by Gasteiger charge is 2.30. The number of benzene rings is 1. The Hall–Kier alpha value is -1.95. The number of ether oxygens (including phenoxy) is 1. The lowest BCUT2D eigenvalue weighted by Crippen LogP contribution is -2.25. The van der Waals surface area contributed by atoms with E-state index in [1.807, 2.05) is 12.1 Å². The van der Waals surface area contributed by atoms with Gasteiger partial charge in [0.1, 0.15) is 5.75 Å². The number of hydrogen-bond donors (Lipinski definition) is 2. The highest BCUT2D eigenvalue weighted by atomic mass is 19.1. The van der Waals surface area contributed by atoms with Crippen LogP contribution in [0.1, 0.15) is 68.9 Å². The maximum Gasteiger partial charge on any atom is 0.115 e. The number of nitrogens with zero attached hydrogens (tertiary/aromatic N) is 1. The summed E-state index contributed by atoms with van der Waals surface area (Å²) in [5.41, 5.74) is 6.88. The number of hydrogen-bond acceptors (Lipinski definition) is 4. The predicted octanol–water partition coefficient (Wildman–Crippen LogP) is 5.99. The molecule has 1 aliphatic heterocycles. The van der Waals surface area contributed by atoms with Crippen LogP contribution in [0.5, 0.6) is 5.75 Å². The van der Waals surface area contributed by atoms with Gasteiger partial charge in [-0.25, -0.2) is 0 Å². The van der Waals surface area contributed by atoms with Gasteiger partial charge in [0, 0.05) is 25.6 Å². The number of likely N-dealkylation sites (tertiary alicyclic amines) is 1. The van der Waals surface area contributed by atoms with Crippen LogP contribution in [-0.2, 0) is 11.2 Å². The molecule has 2 fully saturated rings. The van der Waals surface area contributed by atoms with Crippen molar-refractivity contribution < 1.29 is 19.3 Å². The summed E-state index contributed by atoms with van der Waals surface area (Å²) in [6.07, 6.45) is 16.9. The first kappa shape index (κ1) is 25.7. The molecule has 0 bridgehead atoms. The predicted molar refractivity (Wildman–Crippen MR) is 143 cm³/mol. The van der Waals surface area contributed by atoms with E-state index in [0.29, 0.717) is 30.6 Å². The molecule has 1 saturated carbocycles. The Bertz CT molecular complexity index is 992. The van der Waals surface area contributed by atoms with Crippen molar-refractivity contribution in [3.63, 3.8) is 0 Å². The molecule has 1 saturated heterocycles. The molecular weight excluding hydrogens is 453 g/mol. The van der Waals surface area contributed by atoms with E-state index in [1.165, 1.54) is 22.3 Å². The summed E-state index contributed by atoms with van der Waals surface area (Å²) < 4.78 is 18.7. The summed E-state index contributed by atoms with van der Waals surface area (Å²) in [4.78, 5) is 2.31. The van der Waals surface area contributed by atoms with Crippen LogP contribution in [0.2, 0.25) is 0 Å². The lowest BCUT2D eigenvalue weighted by Gasteiger charge is -2.32. The number of allylic oxidation sites excluding steroid dienone is 4. The zero-order valence-electron chi connectivity index (χ0n) is 21.5. The van der Waals surface area contributed by atoms with Crippen molar-refractivity contribution in [3.8, 4) is 5.75 Å². The van der Waals surface area contributed by atoms with Crippen LogP contribution in [0, 0.1) is 11.8 Å².